The van der Waals surface area contributed by atoms with Crippen LogP contribution in [0.1, 0.15) is 44.6 Å². The quantitative estimate of drug-likeness (QED) is 0.908. The first-order chi connectivity index (χ1) is 8.76. The van der Waals surface area contributed by atoms with E-state index in [9.17, 15) is 5.11 Å². The number of aliphatic hydroxyl groups is 1. The van der Waals surface area contributed by atoms with Gasteiger partial charge in [-0.25, -0.2) is 0 Å². The molecule has 2 nitrogen and oxygen atoms in total. The Balaban J connectivity index is 2.32. The van der Waals surface area contributed by atoms with Crippen LogP contribution in [0.4, 0.5) is 5.69 Å². The van der Waals surface area contributed by atoms with Crippen LogP contribution in [0.3, 0.4) is 0 Å². The molecule has 1 aromatic carbocycles. The fourth-order valence-electron chi connectivity index (χ4n) is 2.88. The maximum atomic E-state index is 9.56. The van der Waals surface area contributed by atoms with E-state index in [1.807, 2.05) is 6.07 Å². The maximum Gasteiger partial charge on any atom is 0.0702 e. The summed E-state index contributed by atoms with van der Waals surface area (Å²) in [7, 11) is 0. The molecule has 0 saturated carbocycles. The summed E-state index contributed by atoms with van der Waals surface area (Å²) in [6.07, 6.45) is 6.38. The van der Waals surface area contributed by atoms with Crippen molar-refractivity contribution in [3.8, 4) is 0 Å². The molecule has 1 heterocycles. The van der Waals surface area contributed by atoms with Crippen LogP contribution < -0.4 is 4.90 Å². The molecule has 0 amide bonds. The van der Waals surface area contributed by atoms with Gasteiger partial charge in [0.05, 0.1) is 6.61 Å². The molecule has 1 atom stereocenters. The van der Waals surface area contributed by atoms with Crippen LogP contribution in [0.5, 0.6) is 0 Å². The van der Waals surface area contributed by atoms with E-state index >= 15 is 0 Å². The lowest BCUT2D eigenvalue weighted by atomic mass is 10.1. The van der Waals surface area contributed by atoms with Gasteiger partial charge in [-0.15, -0.1) is 0 Å². The Labute approximate surface area is 118 Å². The summed E-state index contributed by atoms with van der Waals surface area (Å²) in [6.45, 7) is 3.50. The minimum atomic E-state index is 0.113. The normalized spacial score (nSPS) is 20.8. The second-order valence-corrected chi connectivity index (χ2v) is 5.95. The predicted octanol–water partition coefficient (Wildman–Crippen LogP) is 4.10. The van der Waals surface area contributed by atoms with Gasteiger partial charge in [-0.1, -0.05) is 35.7 Å². The summed E-state index contributed by atoms with van der Waals surface area (Å²) in [5.41, 5.74) is 2.25. The maximum absolute atomic E-state index is 9.56. The fourth-order valence-corrected chi connectivity index (χ4v) is 3.29. The van der Waals surface area contributed by atoms with E-state index in [2.05, 4.69) is 39.9 Å². The molecule has 1 saturated heterocycles. The van der Waals surface area contributed by atoms with Crippen LogP contribution >= 0.6 is 15.9 Å². The van der Waals surface area contributed by atoms with Crippen molar-refractivity contribution < 1.29 is 5.11 Å². The minimum Gasteiger partial charge on any atom is -0.392 e. The molecule has 1 fully saturated rings. The van der Waals surface area contributed by atoms with Crippen LogP contribution in [0.2, 0.25) is 0 Å². The smallest absolute Gasteiger partial charge is 0.0702 e. The van der Waals surface area contributed by atoms with Gasteiger partial charge in [-0.05, 0) is 37.5 Å². The zero-order valence-electron chi connectivity index (χ0n) is 11.0. The van der Waals surface area contributed by atoms with E-state index in [4.69, 9.17) is 0 Å². The van der Waals surface area contributed by atoms with Gasteiger partial charge in [-0.2, -0.15) is 0 Å². The monoisotopic (exact) mass is 311 g/mol. The van der Waals surface area contributed by atoms with E-state index in [1.165, 1.54) is 37.8 Å². The molecule has 100 valence electrons. The van der Waals surface area contributed by atoms with E-state index in [0.29, 0.717) is 6.04 Å². The van der Waals surface area contributed by atoms with E-state index in [0.717, 1.165) is 16.6 Å². The summed E-state index contributed by atoms with van der Waals surface area (Å²) in [4.78, 5) is 2.50. The summed E-state index contributed by atoms with van der Waals surface area (Å²) in [6, 6.07) is 6.88. The third-order valence-electron chi connectivity index (χ3n) is 3.87. The van der Waals surface area contributed by atoms with Crippen LogP contribution in [0, 0.1) is 0 Å². The Morgan fingerprint density at radius 1 is 1.33 bits per heavy atom. The molecule has 3 heteroatoms. The highest BCUT2D eigenvalue weighted by molar-refractivity contribution is 9.10. The van der Waals surface area contributed by atoms with E-state index in [-0.39, 0.29) is 6.61 Å². The van der Waals surface area contributed by atoms with E-state index in [1.54, 1.807) is 0 Å². The zero-order valence-corrected chi connectivity index (χ0v) is 12.6. The third-order valence-corrected chi connectivity index (χ3v) is 4.36. The molecule has 1 aliphatic heterocycles. The van der Waals surface area contributed by atoms with Crippen molar-refractivity contribution in [2.45, 2.75) is 51.7 Å². The van der Waals surface area contributed by atoms with Gasteiger partial charge in [0.2, 0.25) is 0 Å². The first-order valence-corrected chi connectivity index (χ1v) is 7.71. The van der Waals surface area contributed by atoms with Gasteiger partial charge in [0.1, 0.15) is 0 Å². The van der Waals surface area contributed by atoms with Crippen LogP contribution in [-0.2, 0) is 6.61 Å². The standard InChI is InChI=1S/C15H22BrNO/c1-2-14-6-4-3-5-9-17(14)15-8-7-13(16)10-12(15)11-18/h7-8,10,14,18H,2-6,9,11H2,1H3. The Bertz CT molecular complexity index is 394. The highest BCUT2D eigenvalue weighted by Gasteiger charge is 2.21. The van der Waals surface area contributed by atoms with Gasteiger partial charge in [0.15, 0.2) is 0 Å². The SMILES string of the molecule is CCC1CCCCCN1c1ccc(Br)cc1CO. The average Bonchev–Trinajstić information content (AvgIpc) is 2.63. The second-order valence-electron chi connectivity index (χ2n) is 5.04. The summed E-state index contributed by atoms with van der Waals surface area (Å²) in [5, 5.41) is 9.56. The number of rotatable bonds is 3. The second kappa shape index (κ2) is 6.58. The predicted molar refractivity (Wildman–Crippen MR) is 80.0 cm³/mol. The van der Waals surface area contributed by atoms with Crippen LogP contribution in [0.25, 0.3) is 0 Å². The number of anilines is 1. The number of hydrogen-bond acceptors (Lipinski definition) is 2. The molecule has 2 rings (SSSR count). The van der Waals surface area contributed by atoms with Crippen molar-refractivity contribution in [3.05, 3.63) is 28.2 Å². The number of aliphatic hydroxyl groups excluding tert-OH is 1. The third kappa shape index (κ3) is 3.07. The average molecular weight is 312 g/mol. The number of hydrogen-bond donors (Lipinski definition) is 1. The molecule has 0 aromatic heterocycles. The summed E-state index contributed by atoms with van der Waals surface area (Å²) >= 11 is 3.48. The highest BCUT2D eigenvalue weighted by atomic mass is 79.9. The molecular formula is C15H22BrNO. The Hall–Kier alpha value is -0.540. The first kappa shape index (κ1) is 13.9. The van der Waals surface area contributed by atoms with Gasteiger partial charge >= 0.3 is 0 Å². The number of benzene rings is 1. The molecule has 1 aromatic rings. The zero-order chi connectivity index (χ0) is 13.0. The Morgan fingerprint density at radius 3 is 2.89 bits per heavy atom. The van der Waals surface area contributed by atoms with Crippen molar-refractivity contribution in [1.82, 2.24) is 0 Å². The van der Waals surface area contributed by atoms with Crippen molar-refractivity contribution in [3.63, 3.8) is 0 Å². The van der Waals surface area contributed by atoms with Crippen molar-refractivity contribution in [2.24, 2.45) is 0 Å². The largest absolute Gasteiger partial charge is 0.392 e. The lowest BCUT2D eigenvalue weighted by Crippen LogP contribution is -2.35. The van der Waals surface area contributed by atoms with Crippen molar-refractivity contribution in [1.29, 1.82) is 0 Å². The molecule has 0 radical (unpaired) electrons. The van der Waals surface area contributed by atoms with Gasteiger partial charge < -0.3 is 10.0 Å². The molecule has 1 unspecified atom stereocenters. The minimum absolute atomic E-state index is 0.113. The first-order valence-electron chi connectivity index (χ1n) is 6.92. The van der Waals surface area contributed by atoms with Crippen molar-refractivity contribution in [2.75, 3.05) is 11.4 Å². The molecule has 0 aliphatic carbocycles. The van der Waals surface area contributed by atoms with Gasteiger partial charge in [0, 0.05) is 28.3 Å². The molecule has 1 aliphatic rings. The highest BCUT2D eigenvalue weighted by Crippen LogP contribution is 2.30. The Kier molecular flexibility index (Phi) is 5.07. The molecule has 1 N–H and O–H groups in total. The lowest BCUT2D eigenvalue weighted by molar-refractivity contribution is 0.281. The van der Waals surface area contributed by atoms with Crippen molar-refractivity contribution >= 4 is 21.6 Å². The topological polar surface area (TPSA) is 23.5 Å². The van der Waals surface area contributed by atoms with Gasteiger partial charge in [-0.3, -0.25) is 0 Å². The van der Waals surface area contributed by atoms with Crippen LogP contribution in [0.15, 0.2) is 22.7 Å². The Morgan fingerprint density at radius 2 is 2.17 bits per heavy atom. The molecule has 18 heavy (non-hydrogen) atoms. The van der Waals surface area contributed by atoms with Gasteiger partial charge in [0.25, 0.3) is 0 Å². The van der Waals surface area contributed by atoms with E-state index < -0.39 is 0 Å². The van der Waals surface area contributed by atoms with Crippen LogP contribution in [-0.4, -0.2) is 17.7 Å². The summed E-state index contributed by atoms with van der Waals surface area (Å²) < 4.78 is 1.04. The number of nitrogens with zero attached hydrogens (tertiary/aromatic N) is 1. The summed E-state index contributed by atoms with van der Waals surface area (Å²) in [5.74, 6) is 0. The molecule has 0 spiro atoms. The lowest BCUT2D eigenvalue weighted by Gasteiger charge is -2.33. The molecule has 0 bridgehead atoms. The fraction of sp³-hybridized carbons (Fsp3) is 0.600. The number of halogens is 1. The molecular weight excluding hydrogens is 290 g/mol.